The largest absolute Gasteiger partial charge is 0.444 e. The number of nitrogens with zero attached hydrogens (tertiary/aromatic N) is 4. The molecule has 0 radical (unpaired) electrons. The molecule has 7 nitrogen and oxygen atoms in total. The maximum atomic E-state index is 8.90. The first-order chi connectivity index (χ1) is 13.1. The fourth-order valence-electron chi connectivity index (χ4n) is 3.96. The van der Waals surface area contributed by atoms with Crippen molar-refractivity contribution in [2.45, 2.75) is 32.7 Å². The van der Waals surface area contributed by atoms with E-state index in [4.69, 9.17) is 9.68 Å². The van der Waals surface area contributed by atoms with Crippen LogP contribution >= 0.6 is 0 Å². The first-order valence-corrected chi connectivity index (χ1v) is 9.38. The van der Waals surface area contributed by atoms with Gasteiger partial charge in [0.1, 0.15) is 11.9 Å². The third kappa shape index (κ3) is 3.67. The van der Waals surface area contributed by atoms with Gasteiger partial charge in [-0.25, -0.2) is 9.97 Å². The Morgan fingerprint density at radius 1 is 1.44 bits per heavy atom. The van der Waals surface area contributed by atoms with Crippen molar-refractivity contribution in [2.24, 2.45) is 5.92 Å². The maximum absolute atomic E-state index is 8.90. The van der Waals surface area contributed by atoms with Crippen LogP contribution in [0.3, 0.4) is 0 Å². The first-order valence-electron chi connectivity index (χ1n) is 9.38. The molecule has 2 atom stereocenters. The van der Waals surface area contributed by atoms with Crippen LogP contribution in [0.1, 0.15) is 25.5 Å². The van der Waals surface area contributed by atoms with Gasteiger partial charge in [0.25, 0.3) is 0 Å². The highest BCUT2D eigenvalue weighted by Gasteiger charge is 2.26. The van der Waals surface area contributed by atoms with Crippen molar-refractivity contribution < 1.29 is 4.42 Å². The third-order valence-corrected chi connectivity index (χ3v) is 5.06. The zero-order chi connectivity index (χ0) is 18.8. The standard InChI is InChI=1S/C20H24N6O/c1-13-8-15(11-26(10-13)7-3-5-21)25-18-16-4-6-22-19(16)23-9-17(18)20-24-14(2)12-27-20/h4,6,9,12-13,15H,3,7-8,10-11H2,1-2H3,(H2,22,23,25)/t13-,15+/m0/s1. The van der Waals surface area contributed by atoms with Crippen LogP contribution in [-0.2, 0) is 0 Å². The molecule has 2 N–H and O–H groups in total. The number of hydrogen-bond donors (Lipinski definition) is 2. The van der Waals surface area contributed by atoms with E-state index >= 15 is 0 Å². The van der Waals surface area contributed by atoms with Crippen LogP contribution in [0, 0.1) is 24.2 Å². The summed E-state index contributed by atoms with van der Waals surface area (Å²) in [5, 5.41) is 13.7. The number of H-pyrrole nitrogens is 1. The summed E-state index contributed by atoms with van der Waals surface area (Å²) in [4.78, 5) is 14.6. The summed E-state index contributed by atoms with van der Waals surface area (Å²) in [6.45, 7) is 6.97. The number of rotatable bonds is 5. The lowest BCUT2D eigenvalue weighted by atomic mass is 9.95. The average molecular weight is 364 g/mol. The molecule has 3 aromatic heterocycles. The van der Waals surface area contributed by atoms with E-state index in [9.17, 15) is 0 Å². The predicted octanol–water partition coefficient (Wildman–Crippen LogP) is 3.56. The van der Waals surface area contributed by atoms with Gasteiger partial charge in [0.15, 0.2) is 0 Å². The van der Waals surface area contributed by atoms with Crippen molar-refractivity contribution in [1.29, 1.82) is 5.26 Å². The van der Waals surface area contributed by atoms with E-state index in [1.165, 1.54) is 0 Å². The Morgan fingerprint density at radius 3 is 3.11 bits per heavy atom. The molecule has 0 spiro atoms. The number of aromatic nitrogens is 3. The minimum absolute atomic E-state index is 0.294. The summed E-state index contributed by atoms with van der Waals surface area (Å²) in [6.07, 6.45) is 7.02. The van der Waals surface area contributed by atoms with Gasteiger partial charge in [-0.05, 0) is 25.3 Å². The number of pyridine rings is 1. The molecule has 0 aliphatic carbocycles. The lowest BCUT2D eigenvalue weighted by molar-refractivity contribution is 0.175. The van der Waals surface area contributed by atoms with Gasteiger partial charge in [-0.2, -0.15) is 5.26 Å². The summed E-state index contributed by atoms with van der Waals surface area (Å²) in [5.74, 6) is 1.15. The number of anilines is 1. The van der Waals surface area contributed by atoms with Crippen LogP contribution in [0.25, 0.3) is 22.5 Å². The molecule has 3 aromatic rings. The van der Waals surface area contributed by atoms with E-state index in [0.717, 1.165) is 54.0 Å². The molecule has 0 unspecified atom stereocenters. The molecule has 0 aromatic carbocycles. The highest BCUT2D eigenvalue weighted by atomic mass is 16.3. The normalized spacial score (nSPS) is 20.6. The Morgan fingerprint density at radius 2 is 2.33 bits per heavy atom. The summed E-state index contributed by atoms with van der Waals surface area (Å²) >= 11 is 0. The second-order valence-electron chi connectivity index (χ2n) is 7.43. The highest BCUT2D eigenvalue weighted by molar-refractivity contribution is 5.97. The minimum Gasteiger partial charge on any atom is -0.444 e. The van der Waals surface area contributed by atoms with Gasteiger partial charge >= 0.3 is 0 Å². The van der Waals surface area contributed by atoms with Crippen molar-refractivity contribution >= 4 is 16.7 Å². The smallest absolute Gasteiger partial charge is 0.229 e. The van der Waals surface area contributed by atoms with Gasteiger partial charge in [-0.1, -0.05) is 6.92 Å². The molecule has 1 fully saturated rings. The quantitative estimate of drug-likeness (QED) is 0.719. The van der Waals surface area contributed by atoms with E-state index in [1.807, 2.05) is 25.4 Å². The van der Waals surface area contributed by atoms with Gasteiger partial charge in [0.05, 0.1) is 23.0 Å². The molecular formula is C20H24N6O. The predicted molar refractivity (Wildman–Crippen MR) is 104 cm³/mol. The SMILES string of the molecule is Cc1coc(-c2cnc3[nH]ccc3c2N[C@@H]2C[C@H](C)CN(CCC#N)C2)n1. The number of nitriles is 1. The number of likely N-dealkylation sites (tertiary alicyclic amines) is 1. The number of hydrogen-bond acceptors (Lipinski definition) is 6. The number of aryl methyl sites for hydroxylation is 1. The van der Waals surface area contributed by atoms with Crippen LogP contribution in [0.2, 0.25) is 0 Å². The molecule has 4 rings (SSSR count). The fraction of sp³-hybridized carbons (Fsp3) is 0.450. The molecule has 1 aliphatic rings. The summed E-state index contributed by atoms with van der Waals surface area (Å²) in [7, 11) is 0. The monoisotopic (exact) mass is 364 g/mol. The van der Waals surface area contributed by atoms with Gasteiger partial charge in [0.2, 0.25) is 5.89 Å². The van der Waals surface area contributed by atoms with Crippen LogP contribution in [0.4, 0.5) is 5.69 Å². The number of piperidine rings is 1. The van der Waals surface area contributed by atoms with Crippen molar-refractivity contribution in [2.75, 3.05) is 25.0 Å². The van der Waals surface area contributed by atoms with Crippen LogP contribution in [0.15, 0.2) is 29.1 Å². The van der Waals surface area contributed by atoms with Crippen LogP contribution in [-0.4, -0.2) is 45.5 Å². The number of aromatic amines is 1. The van der Waals surface area contributed by atoms with Crippen LogP contribution < -0.4 is 5.32 Å². The van der Waals surface area contributed by atoms with Gasteiger partial charge in [-0.3, -0.25) is 0 Å². The van der Waals surface area contributed by atoms with Gasteiger partial charge < -0.3 is 19.6 Å². The number of oxazole rings is 1. The topological polar surface area (TPSA) is 93.8 Å². The van der Waals surface area contributed by atoms with Gasteiger partial charge in [-0.15, -0.1) is 0 Å². The molecule has 7 heteroatoms. The van der Waals surface area contributed by atoms with E-state index in [0.29, 0.717) is 24.3 Å². The molecule has 1 aliphatic heterocycles. The second-order valence-corrected chi connectivity index (χ2v) is 7.43. The Bertz CT molecular complexity index is 968. The molecule has 0 saturated carbocycles. The van der Waals surface area contributed by atoms with Crippen molar-refractivity contribution in [3.8, 4) is 17.5 Å². The molecule has 140 valence electrons. The Labute approximate surface area is 158 Å². The number of fused-ring (bicyclic) bond motifs is 1. The molecule has 1 saturated heterocycles. The molecular weight excluding hydrogens is 340 g/mol. The van der Waals surface area contributed by atoms with E-state index in [2.05, 4.69) is 38.2 Å². The molecule has 0 bridgehead atoms. The third-order valence-electron chi connectivity index (χ3n) is 5.06. The van der Waals surface area contributed by atoms with Gasteiger partial charge in [0, 0.05) is 49.9 Å². The summed E-state index contributed by atoms with van der Waals surface area (Å²) < 4.78 is 5.65. The molecule has 0 amide bonds. The number of nitrogens with one attached hydrogen (secondary N) is 2. The summed E-state index contributed by atoms with van der Waals surface area (Å²) in [6, 6.07) is 4.58. The molecule has 4 heterocycles. The Balaban J connectivity index is 1.66. The fourth-order valence-corrected chi connectivity index (χ4v) is 3.96. The summed E-state index contributed by atoms with van der Waals surface area (Å²) in [5.41, 5.74) is 3.56. The Kier molecular flexibility index (Phi) is 4.82. The van der Waals surface area contributed by atoms with E-state index in [-0.39, 0.29) is 0 Å². The zero-order valence-electron chi connectivity index (χ0n) is 15.7. The van der Waals surface area contributed by atoms with E-state index < -0.39 is 0 Å². The van der Waals surface area contributed by atoms with Crippen LogP contribution in [0.5, 0.6) is 0 Å². The highest BCUT2D eigenvalue weighted by Crippen LogP contribution is 2.34. The zero-order valence-corrected chi connectivity index (χ0v) is 15.7. The lowest BCUT2D eigenvalue weighted by Gasteiger charge is -2.37. The van der Waals surface area contributed by atoms with Crippen molar-refractivity contribution in [1.82, 2.24) is 19.9 Å². The second kappa shape index (κ2) is 7.41. The maximum Gasteiger partial charge on any atom is 0.229 e. The van der Waals surface area contributed by atoms with E-state index in [1.54, 1.807) is 6.26 Å². The first kappa shape index (κ1) is 17.6. The minimum atomic E-state index is 0.294. The Hall–Kier alpha value is -2.85. The molecule has 27 heavy (non-hydrogen) atoms. The average Bonchev–Trinajstić information content (AvgIpc) is 3.29. The lowest BCUT2D eigenvalue weighted by Crippen LogP contribution is -2.45. The van der Waals surface area contributed by atoms with Crippen molar-refractivity contribution in [3.63, 3.8) is 0 Å². The van der Waals surface area contributed by atoms with Crippen molar-refractivity contribution in [3.05, 3.63) is 30.4 Å².